The summed E-state index contributed by atoms with van der Waals surface area (Å²) in [5.74, 6) is -3.88. The summed E-state index contributed by atoms with van der Waals surface area (Å²) in [6.45, 7) is -0.611. The lowest BCUT2D eigenvalue weighted by Crippen LogP contribution is -2.61. The lowest BCUT2D eigenvalue weighted by atomic mass is 9.75. The van der Waals surface area contributed by atoms with Crippen molar-refractivity contribution in [2.45, 2.75) is 68.3 Å². The number of ether oxygens (including phenoxy) is 4. The van der Waals surface area contributed by atoms with Crippen LogP contribution >= 0.6 is 0 Å². The molecule has 6 N–H and O–H groups in total. The fraction of sp³-hybridized carbons (Fsp3) is 0.542. The van der Waals surface area contributed by atoms with Crippen molar-refractivity contribution in [3.05, 3.63) is 36.1 Å². The summed E-state index contributed by atoms with van der Waals surface area (Å²) >= 11 is 0. The van der Waals surface area contributed by atoms with E-state index in [4.69, 9.17) is 24.1 Å². The molecule has 2 aliphatic heterocycles. The van der Waals surface area contributed by atoms with E-state index in [1.54, 1.807) is 0 Å². The number of aliphatic hydroxyl groups is 4. The van der Waals surface area contributed by atoms with Crippen LogP contribution in [0.5, 0.6) is 5.75 Å². The molecule has 37 heavy (non-hydrogen) atoms. The first-order valence-electron chi connectivity index (χ1n) is 11.7. The van der Waals surface area contributed by atoms with Gasteiger partial charge in [-0.1, -0.05) is 12.1 Å². The summed E-state index contributed by atoms with van der Waals surface area (Å²) in [6, 6.07) is 5.90. The second-order valence-corrected chi connectivity index (χ2v) is 9.16. The van der Waals surface area contributed by atoms with Crippen molar-refractivity contribution in [1.82, 2.24) is 0 Å². The summed E-state index contributed by atoms with van der Waals surface area (Å²) in [4.78, 5) is 35.4. The number of carboxylic acid groups (broad SMARTS) is 1. The van der Waals surface area contributed by atoms with Crippen molar-refractivity contribution in [3.8, 4) is 5.75 Å². The quantitative estimate of drug-likeness (QED) is 0.181. The molecule has 4 rings (SSSR count). The minimum atomic E-state index is -1.75. The number of aliphatic hydroxyl groups excluding tert-OH is 4. The highest BCUT2D eigenvalue weighted by atomic mass is 16.7. The minimum Gasteiger partial charge on any atom is -0.508 e. The van der Waals surface area contributed by atoms with Crippen molar-refractivity contribution in [1.29, 1.82) is 0 Å². The molecule has 1 saturated carbocycles. The summed E-state index contributed by atoms with van der Waals surface area (Å²) < 4.78 is 22.0. The van der Waals surface area contributed by atoms with E-state index in [2.05, 4.69) is 0 Å². The molecule has 0 amide bonds. The molecule has 1 saturated heterocycles. The van der Waals surface area contributed by atoms with E-state index in [1.165, 1.54) is 30.5 Å². The molecule has 202 valence electrons. The van der Waals surface area contributed by atoms with Crippen LogP contribution in [0.15, 0.2) is 30.5 Å². The molecule has 3 aliphatic rings. The van der Waals surface area contributed by atoms with E-state index in [1.807, 2.05) is 0 Å². The van der Waals surface area contributed by atoms with E-state index in [0.29, 0.717) is 5.56 Å². The largest absolute Gasteiger partial charge is 0.508 e. The van der Waals surface area contributed by atoms with Gasteiger partial charge in [-0.15, -0.1) is 0 Å². The number of allylic oxidation sites excluding steroid dienone is 1. The lowest BCUT2D eigenvalue weighted by Gasteiger charge is -2.45. The van der Waals surface area contributed by atoms with Gasteiger partial charge in [0.2, 0.25) is 0 Å². The number of hydrogen-bond acceptors (Lipinski definition) is 12. The molecule has 1 aromatic rings. The highest BCUT2D eigenvalue weighted by molar-refractivity contribution is 6.22. The van der Waals surface area contributed by atoms with Crippen LogP contribution in [0.25, 0.3) is 5.57 Å². The van der Waals surface area contributed by atoms with Crippen LogP contribution in [-0.2, 0) is 33.3 Å². The zero-order valence-corrected chi connectivity index (χ0v) is 19.5. The third-order valence-corrected chi connectivity index (χ3v) is 6.65. The Balaban J connectivity index is 1.47. The molecule has 2 heterocycles. The molecule has 0 radical (unpaired) electrons. The summed E-state index contributed by atoms with van der Waals surface area (Å²) in [5.41, 5.74) is 0.691. The Bertz CT molecular complexity index is 1040. The van der Waals surface area contributed by atoms with Gasteiger partial charge >= 0.3 is 11.9 Å². The first-order valence-corrected chi connectivity index (χ1v) is 11.7. The van der Waals surface area contributed by atoms with E-state index in [9.17, 15) is 39.9 Å². The lowest BCUT2D eigenvalue weighted by molar-refractivity contribution is -0.322. The highest BCUT2D eigenvalue weighted by Gasteiger charge is 2.51. The van der Waals surface area contributed by atoms with Gasteiger partial charge in [0.05, 0.1) is 30.0 Å². The van der Waals surface area contributed by atoms with E-state index in [-0.39, 0.29) is 24.2 Å². The summed E-state index contributed by atoms with van der Waals surface area (Å²) in [7, 11) is 0. The number of Topliss-reactive ketones (excluding diaryl/α,β-unsaturated/α-hetero) is 1. The van der Waals surface area contributed by atoms with Crippen LogP contribution < -0.4 is 0 Å². The molecule has 1 aromatic carbocycles. The first kappa shape index (κ1) is 27.0. The number of benzene rings is 1. The Hall–Kier alpha value is -3.07. The normalized spacial score (nSPS) is 35.6. The number of carbonyl (C=O) groups is 3. The number of phenolic OH excluding ortho intramolecular Hbond substituents is 1. The van der Waals surface area contributed by atoms with Crippen LogP contribution in [0.3, 0.4) is 0 Å². The molecule has 9 unspecified atom stereocenters. The van der Waals surface area contributed by atoms with E-state index < -0.39 is 85.7 Å². The fourth-order valence-corrected chi connectivity index (χ4v) is 4.69. The van der Waals surface area contributed by atoms with Crippen molar-refractivity contribution in [3.63, 3.8) is 0 Å². The van der Waals surface area contributed by atoms with Crippen LogP contribution in [0.1, 0.15) is 24.8 Å². The average Bonchev–Trinajstić information content (AvgIpc) is 2.85. The molecule has 0 bridgehead atoms. The number of ketones is 1. The van der Waals surface area contributed by atoms with Gasteiger partial charge in [0.25, 0.3) is 0 Å². The SMILES string of the molecule is O=C(O)CC(=O)OCC1OC(OC2CCC(O)C3C(=O)C(c4ccc(O)cc4)=COC23)C(O)C(O)C1O. The molecule has 2 fully saturated rings. The van der Waals surface area contributed by atoms with Crippen molar-refractivity contribution in [2.24, 2.45) is 5.92 Å². The maximum Gasteiger partial charge on any atom is 0.317 e. The van der Waals surface area contributed by atoms with Gasteiger partial charge < -0.3 is 49.6 Å². The Morgan fingerprint density at radius 2 is 1.70 bits per heavy atom. The van der Waals surface area contributed by atoms with Crippen molar-refractivity contribution in [2.75, 3.05) is 6.61 Å². The Labute approximate surface area is 210 Å². The number of rotatable bonds is 7. The van der Waals surface area contributed by atoms with Gasteiger partial charge in [-0.05, 0) is 30.5 Å². The van der Waals surface area contributed by atoms with Crippen LogP contribution in [0, 0.1) is 5.92 Å². The molecular formula is C24H28O13. The van der Waals surface area contributed by atoms with Gasteiger partial charge in [-0.2, -0.15) is 0 Å². The average molecular weight is 524 g/mol. The number of hydrogen-bond donors (Lipinski definition) is 6. The Morgan fingerprint density at radius 3 is 2.38 bits per heavy atom. The number of aliphatic carboxylic acids is 1. The molecule has 0 spiro atoms. The Morgan fingerprint density at radius 1 is 1.00 bits per heavy atom. The van der Waals surface area contributed by atoms with Gasteiger partial charge in [0.1, 0.15) is 49.3 Å². The zero-order chi connectivity index (χ0) is 26.9. The van der Waals surface area contributed by atoms with Gasteiger partial charge in [-0.25, -0.2) is 0 Å². The standard InChI is InChI=1S/C24H28O13/c25-11-3-1-10(2-4-11)12-8-35-23-14(6-5-13(26)18(23)19(12)30)36-24-22(33)21(32)20(31)15(37-24)9-34-17(29)7-16(27)28/h1-4,8,13-15,18,20-26,31-33H,5-7,9H2,(H,27,28). The van der Waals surface area contributed by atoms with Crippen LogP contribution in [0.2, 0.25) is 0 Å². The molecule has 1 aliphatic carbocycles. The number of phenols is 1. The minimum absolute atomic E-state index is 0.0193. The molecule has 13 nitrogen and oxygen atoms in total. The first-order chi connectivity index (χ1) is 17.6. The van der Waals surface area contributed by atoms with Gasteiger partial charge in [-0.3, -0.25) is 14.4 Å². The summed E-state index contributed by atoms with van der Waals surface area (Å²) in [5, 5.41) is 59.7. The second kappa shape index (κ2) is 11.1. The van der Waals surface area contributed by atoms with Crippen LogP contribution in [0.4, 0.5) is 0 Å². The predicted octanol–water partition coefficient (Wildman–Crippen LogP) is -1.32. The second-order valence-electron chi connectivity index (χ2n) is 9.16. The smallest absolute Gasteiger partial charge is 0.317 e. The van der Waals surface area contributed by atoms with Crippen molar-refractivity contribution >= 4 is 23.3 Å². The third-order valence-electron chi connectivity index (χ3n) is 6.65. The maximum absolute atomic E-state index is 13.3. The molecular weight excluding hydrogens is 496 g/mol. The van der Waals surface area contributed by atoms with E-state index >= 15 is 0 Å². The third kappa shape index (κ3) is 5.76. The monoisotopic (exact) mass is 524 g/mol. The summed E-state index contributed by atoms with van der Waals surface area (Å²) in [6.07, 6.45) is -10.2. The number of carboxylic acids is 1. The molecule has 13 heteroatoms. The number of fused-ring (bicyclic) bond motifs is 1. The van der Waals surface area contributed by atoms with E-state index in [0.717, 1.165) is 0 Å². The zero-order valence-electron chi connectivity index (χ0n) is 19.5. The molecule has 0 aromatic heterocycles. The number of aromatic hydroxyl groups is 1. The number of carbonyl (C=O) groups excluding carboxylic acids is 2. The van der Waals surface area contributed by atoms with Gasteiger partial charge in [0.15, 0.2) is 12.1 Å². The maximum atomic E-state index is 13.3. The highest BCUT2D eigenvalue weighted by Crippen LogP contribution is 2.39. The van der Waals surface area contributed by atoms with Crippen molar-refractivity contribution < 1.29 is 64.0 Å². The predicted molar refractivity (Wildman–Crippen MR) is 119 cm³/mol. The number of esters is 1. The van der Waals surface area contributed by atoms with Crippen LogP contribution in [-0.4, -0.2) is 104 Å². The fourth-order valence-electron chi connectivity index (χ4n) is 4.69. The van der Waals surface area contributed by atoms with Gasteiger partial charge in [0, 0.05) is 0 Å². The Kier molecular flexibility index (Phi) is 8.11. The topological polar surface area (TPSA) is 210 Å². The molecule has 9 atom stereocenters.